The predicted octanol–water partition coefficient (Wildman–Crippen LogP) is 2.90. The van der Waals surface area contributed by atoms with Crippen LogP contribution in [0.3, 0.4) is 0 Å². The number of rotatable bonds is 13. The van der Waals surface area contributed by atoms with E-state index < -0.39 is 0 Å². The van der Waals surface area contributed by atoms with Gasteiger partial charge in [-0.05, 0) is 83.6 Å². The Morgan fingerprint density at radius 1 is 1.09 bits per heavy atom. The van der Waals surface area contributed by atoms with Crippen molar-refractivity contribution < 1.29 is 4.74 Å². The van der Waals surface area contributed by atoms with Crippen LogP contribution in [0.1, 0.15) is 32.8 Å². The zero-order chi connectivity index (χ0) is 23.5. The zero-order valence-electron chi connectivity index (χ0n) is 20.2. The summed E-state index contributed by atoms with van der Waals surface area (Å²) in [5, 5.41) is 5.04. The molecule has 0 atom stereocenters. The Kier molecular flexibility index (Phi) is 10.9. The molecule has 7 nitrogen and oxygen atoms in total. The van der Waals surface area contributed by atoms with Crippen molar-refractivity contribution >= 4 is 28.2 Å². The van der Waals surface area contributed by atoms with E-state index in [9.17, 15) is 4.79 Å². The molecule has 32 heavy (non-hydrogen) atoms. The molecule has 0 spiro atoms. The maximum Gasteiger partial charge on any atom is 0.253 e. The first-order valence-corrected chi connectivity index (χ1v) is 12.0. The minimum atomic E-state index is -0.0825. The molecule has 2 N–H and O–H groups in total. The number of hydrogen-bond acceptors (Lipinski definition) is 5. The van der Waals surface area contributed by atoms with Gasteiger partial charge in [0.25, 0.3) is 5.56 Å². The normalized spacial score (nSPS) is 11.3. The third kappa shape index (κ3) is 8.07. The fraction of sp³-hybridized carbons (Fsp3) is 0.583. The van der Waals surface area contributed by atoms with Crippen molar-refractivity contribution in [3.05, 3.63) is 40.2 Å². The maximum atomic E-state index is 12.7. The molecule has 2 rings (SSSR count). The van der Waals surface area contributed by atoms with E-state index in [1.165, 1.54) is 0 Å². The summed E-state index contributed by atoms with van der Waals surface area (Å²) in [5.41, 5.74) is 1.41. The number of H-pyrrole nitrogens is 1. The molecule has 0 radical (unpaired) electrons. The number of likely N-dealkylation sites (N-methyl/N-ethyl adjacent to an activating group) is 1. The molecule has 178 valence electrons. The van der Waals surface area contributed by atoms with Gasteiger partial charge in [-0.2, -0.15) is 0 Å². The van der Waals surface area contributed by atoms with Crippen LogP contribution in [-0.4, -0.2) is 84.8 Å². The first-order valence-electron chi connectivity index (χ1n) is 11.6. The smallest absolute Gasteiger partial charge is 0.253 e. The van der Waals surface area contributed by atoms with E-state index in [0.717, 1.165) is 62.3 Å². The summed E-state index contributed by atoms with van der Waals surface area (Å²) in [6.07, 6.45) is 1.03. The van der Waals surface area contributed by atoms with Crippen molar-refractivity contribution in [3.8, 4) is 5.75 Å². The molecule has 1 aromatic carbocycles. The highest BCUT2D eigenvalue weighted by atomic mass is 32.1. The molecule has 0 bridgehead atoms. The van der Waals surface area contributed by atoms with Gasteiger partial charge in [-0.25, -0.2) is 0 Å². The third-order valence-electron chi connectivity index (χ3n) is 5.49. The molecule has 1 aromatic heterocycles. The van der Waals surface area contributed by atoms with E-state index in [-0.39, 0.29) is 5.56 Å². The van der Waals surface area contributed by atoms with Crippen molar-refractivity contribution in [2.24, 2.45) is 0 Å². The second kappa shape index (κ2) is 13.4. The van der Waals surface area contributed by atoms with E-state index in [1.54, 1.807) is 0 Å². The number of thiocarbonyl (C=S) groups is 1. The molecular weight excluding hydrogens is 422 g/mol. The van der Waals surface area contributed by atoms with Crippen molar-refractivity contribution in [3.63, 3.8) is 0 Å². The Hall–Kier alpha value is -2.16. The minimum Gasteiger partial charge on any atom is -0.494 e. The molecule has 0 unspecified atom stereocenters. The van der Waals surface area contributed by atoms with Gasteiger partial charge in [0.1, 0.15) is 5.75 Å². The number of hydrogen-bond donors (Lipinski definition) is 2. The van der Waals surface area contributed by atoms with Crippen LogP contribution in [0.25, 0.3) is 10.9 Å². The number of nitrogens with zero attached hydrogens (tertiary/aromatic N) is 3. The molecule has 2 aromatic rings. The monoisotopic (exact) mass is 461 g/mol. The lowest BCUT2D eigenvalue weighted by atomic mass is 10.1. The average molecular weight is 462 g/mol. The Bertz CT molecular complexity index is 911. The SMILES string of the molecule is CCOc1ccc2[nH]c(=O)c(CN(CCN(C)C)C(=S)NCCCN(CC)CC)cc2c1. The number of benzene rings is 1. The molecule has 0 aliphatic heterocycles. The molecule has 0 amide bonds. The van der Waals surface area contributed by atoms with Crippen LogP contribution in [0.5, 0.6) is 5.75 Å². The standard InChI is InChI=1S/C24H39N5O2S/c1-6-28(7-2)13-9-12-25-24(32)29(15-14-27(4)5)18-20-16-19-17-21(31-8-3)10-11-22(19)26-23(20)30/h10-11,16-17H,6-9,12-15,18H2,1-5H3,(H,25,32)(H,26,30). The second-order valence-corrected chi connectivity index (χ2v) is 8.53. The minimum absolute atomic E-state index is 0.0825. The summed E-state index contributed by atoms with van der Waals surface area (Å²) < 4.78 is 5.61. The number of aromatic nitrogens is 1. The van der Waals surface area contributed by atoms with Crippen LogP contribution in [-0.2, 0) is 6.54 Å². The molecule has 0 saturated heterocycles. The Labute approximate surface area is 197 Å². The summed E-state index contributed by atoms with van der Waals surface area (Å²) in [5.74, 6) is 0.799. The van der Waals surface area contributed by atoms with Crippen LogP contribution in [0.15, 0.2) is 29.1 Å². The Morgan fingerprint density at radius 3 is 2.50 bits per heavy atom. The fourth-order valence-corrected chi connectivity index (χ4v) is 3.79. The lowest BCUT2D eigenvalue weighted by Gasteiger charge is -2.27. The van der Waals surface area contributed by atoms with Crippen molar-refractivity contribution in [2.75, 3.05) is 60.0 Å². The number of aromatic amines is 1. The molecule has 0 aliphatic rings. The number of ether oxygens (including phenoxy) is 1. The lowest BCUT2D eigenvalue weighted by molar-refractivity contribution is 0.297. The van der Waals surface area contributed by atoms with Gasteiger partial charge in [-0.3, -0.25) is 4.79 Å². The summed E-state index contributed by atoms with van der Waals surface area (Å²) in [4.78, 5) is 22.3. The van der Waals surface area contributed by atoms with E-state index in [4.69, 9.17) is 17.0 Å². The molecule has 1 heterocycles. The number of nitrogens with one attached hydrogen (secondary N) is 2. The molecule has 8 heteroatoms. The van der Waals surface area contributed by atoms with E-state index in [2.05, 4.69) is 38.8 Å². The predicted molar refractivity (Wildman–Crippen MR) is 138 cm³/mol. The van der Waals surface area contributed by atoms with E-state index in [0.29, 0.717) is 23.8 Å². The van der Waals surface area contributed by atoms with Crippen molar-refractivity contribution in [1.82, 2.24) is 25.0 Å². The molecule has 0 fully saturated rings. The van der Waals surface area contributed by atoms with Gasteiger partial charge < -0.3 is 29.7 Å². The maximum absolute atomic E-state index is 12.7. The summed E-state index contributed by atoms with van der Waals surface area (Å²) in [6.45, 7) is 13.0. The van der Waals surface area contributed by atoms with Crippen LogP contribution in [0.4, 0.5) is 0 Å². The highest BCUT2D eigenvalue weighted by Gasteiger charge is 2.14. The van der Waals surface area contributed by atoms with Crippen LogP contribution < -0.4 is 15.6 Å². The Balaban J connectivity index is 2.12. The molecular formula is C24H39N5O2S. The second-order valence-electron chi connectivity index (χ2n) is 8.14. The first-order chi connectivity index (χ1) is 15.4. The first kappa shape index (κ1) is 26.1. The number of fused-ring (bicyclic) bond motifs is 1. The molecule has 0 aliphatic carbocycles. The topological polar surface area (TPSA) is 63.8 Å². The Morgan fingerprint density at radius 2 is 1.84 bits per heavy atom. The highest BCUT2D eigenvalue weighted by Crippen LogP contribution is 2.19. The van der Waals surface area contributed by atoms with Gasteiger partial charge in [0.2, 0.25) is 0 Å². The van der Waals surface area contributed by atoms with Crippen molar-refractivity contribution in [1.29, 1.82) is 0 Å². The van der Waals surface area contributed by atoms with Gasteiger partial charge in [0.05, 0.1) is 13.2 Å². The zero-order valence-corrected chi connectivity index (χ0v) is 21.1. The van der Waals surface area contributed by atoms with Gasteiger partial charge in [0, 0.05) is 36.1 Å². The van der Waals surface area contributed by atoms with E-state index in [1.807, 2.05) is 45.3 Å². The van der Waals surface area contributed by atoms with Crippen LogP contribution in [0.2, 0.25) is 0 Å². The van der Waals surface area contributed by atoms with Gasteiger partial charge in [-0.15, -0.1) is 0 Å². The summed E-state index contributed by atoms with van der Waals surface area (Å²) in [7, 11) is 4.08. The highest BCUT2D eigenvalue weighted by molar-refractivity contribution is 7.80. The van der Waals surface area contributed by atoms with Crippen LogP contribution >= 0.6 is 12.2 Å². The quantitative estimate of drug-likeness (QED) is 0.351. The lowest BCUT2D eigenvalue weighted by Crippen LogP contribution is -2.44. The van der Waals surface area contributed by atoms with Gasteiger partial charge >= 0.3 is 0 Å². The van der Waals surface area contributed by atoms with Crippen LogP contribution in [0, 0.1) is 0 Å². The summed E-state index contributed by atoms with van der Waals surface area (Å²) in [6, 6.07) is 7.67. The van der Waals surface area contributed by atoms with E-state index >= 15 is 0 Å². The molecule has 0 saturated carbocycles. The third-order valence-corrected chi connectivity index (χ3v) is 5.89. The van der Waals surface area contributed by atoms with Gasteiger partial charge in [0.15, 0.2) is 5.11 Å². The number of pyridine rings is 1. The largest absolute Gasteiger partial charge is 0.494 e. The summed E-state index contributed by atoms with van der Waals surface area (Å²) >= 11 is 5.71. The average Bonchev–Trinajstić information content (AvgIpc) is 2.77. The fourth-order valence-electron chi connectivity index (χ4n) is 3.53. The van der Waals surface area contributed by atoms with Crippen molar-refractivity contribution in [2.45, 2.75) is 33.7 Å². The van der Waals surface area contributed by atoms with Gasteiger partial charge in [-0.1, -0.05) is 13.8 Å².